The van der Waals surface area contributed by atoms with E-state index in [-0.39, 0.29) is 11.8 Å². The largest absolute Gasteiger partial charge is 0.497 e. The number of hydrogen-bond donors (Lipinski definition) is 2. The van der Waals surface area contributed by atoms with Gasteiger partial charge in [-0.2, -0.15) is 0 Å². The number of nitrogens with one attached hydrogen (secondary N) is 1. The van der Waals surface area contributed by atoms with Crippen LogP contribution in [0, 0.1) is 17.8 Å². The molecule has 5 heteroatoms. The molecule has 1 saturated carbocycles. The summed E-state index contributed by atoms with van der Waals surface area (Å²) in [6, 6.07) is 13.4. The van der Waals surface area contributed by atoms with Crippen molar-refractivity contribution < 1.29 is 9.53 Å². The molecule has 3 N–H and O–H groups in total. The first-order chi connectivity index (χ1) is 13.6. The molecule has 1 fully saturated rings. The van der Waals surface area contributed by atoms with Crippen molar-refractivity contribution in [3.8, 4) is 17.6 Å². The summed E-state index contributed by atoms with van der Waals surface area (Å²) < 4.78 is 7.44. The number of anilines is 2. The number of fused-ring (bicyclic) bond motifs is 1. The SMILES string of the molecule is CCn1c(C#Cc2ccc(NC(=O)C3CC3)cc2)c(N)c2ccc(OC)cc21. The zero-order chi connectivity index (χ0) is 19.7. The first kappa shape index (κ1) is 18.0. The fourth-order valence-electron chi connectivity index (χ4n) is 3.30. The molecular weight excluding hydrogens is 350 g/mol. The third-order valence-corrected chi connectivity index (χ3v) is 5.05. The van der Waals surface area contributed by atoms with Crippen molar-refractivity contribution in [1.82, 2.24) is 4.57 Å². The van der Waals surface area contributed by atoms with Crippen LogP contribution in [0.5, 0.6) is 5.75 Å². The van der Waals surface area contributed by atoms with Crippen molar-refractivity contribution in [2.75, 3.05) is 18.2 Å². The van der Waals surface area contributed by atoms with Crippen LogP contribution in [0.1, 0.15) is 31.0 Å². The number of benzene rings is 2. The molecule has 142 valence electrons. The molecule has 28 heavy (non-hydrogen) atoms. The van der Waals surface area contributed by atoms with Crippen LogP contribution in [0.3, 0.4) is 0 Å². The van der Waals surface area contributed by atoms with E-state index in [4.69, 9.17) is 10.5 Å². The molecule has 1 aliphatic rings. The number of amides is 1. The molecule has 0 atom stereocenters. The maximum atomic E-state index is 11.8. The highest BCUT2D eigenvalue weighted by molar-refractivity contribution is 5.96. The summed E-state index contributed by atoms with van der Waals surface area (Å²) in [6.07, 6.45) is 1.99. The van der Waals surface area contributed by atoms with Crippen LogP contribution in [-0.2, 0) is 11.3 Å². The molecular formula is C23H23N3O2. The highest BCUT2D eigenvalue weighted by Crippen LogP contribution is 2.31. The van der Waals surface area contributed by atoms with E-state index in [1.54, 1.807) is 7.11 Å². The lowest BCUT2D eigenvalue weighted by atomic mass is 10.2. The number of nitrogens with two attached hydrogens (primary N) is 1. The Hall–Kier alpha value is -3.39. The van der Waals surface area contributed by atoms with Gasteiger partial charge in [-0.05, 0) is 62.1 Å². The predicted molar refractivity (Wildman–Crippen MR) is 112 cm³/mol. The van der Waals surface area contributed by atoms with Gasteiger partial charge in [0.2, 0.25) is 5.91 Å². The summed E-state index contributed by atoms with van der Waals surface area (Å²) in [5.41, 5.74) is 10.5. The van der Waals surface area contributed by atoms with Gasteiger partial charge in [-0.25, -0.2) is 0 Å². The van der Waals surface area contributed by atoms with Gasteiger partial charge in [0.1, 0.15) is 11.4 Å². The van der Waals surface area contributed by atoms with E-state index in [1.165, 1.54) is 0 Å². The molecule has 1 heterocycles. The third kappa shape index (κ3) is 3.41. The number of rotatable bonds is 4. The molecule has 0 spiro atoms. The van der Waals surface area contributed by atoms with Gasteiger partial charge in [0.25, 0.3) is 0 Å². The Kier molecular flexibility index (Phi) is 4.70. The number of methoxy groups -OCH3 is 1. The second-order valence-electron chi connectivity index (χ2n) is 6.98. The maximum absolute atomic E-state index is 11.8. The Balaban J connectivity index is 1.62. The van der Waals surface area contributed by atoms with Gasteiger partial charge in [0, 0.05) is 35.2 Å². The van der Waals surface area contributed by atoms with Gasteiger partial charge >= 0.3 is 0 Å². The maximum Gasteiger partial charge on any atom is 0.227 e. The Morgan fingerprint density at radius 3 is 2.61 bits per heavy atom. The number of carbonyl (C=O) groups excluding carboxylic acids is 1. The number of hydrogen-bond acceptors (Lipinski definition) is 3. The molecule has 1 aromatic heterocycles. The van der Waals surface area contributed by atoms with Crippen molar-refractivity contribution in [3.63, 3.8) is 0 Å². The fourth-order valence-corrected chi connectivity index (χ4v) is 3.30. The normalized spacial score (nSPS) is 13.1. The van der Waals surface area contributed by atoms with Crippen molar-refractivity contribution >= 4 is 28.2 Å². The average Bonchev–Trinajstić information content (AvgIpc) is 3.53. The van der Waals surface area contributed by atoms with Gasteiger partial charge in [-0.3, -0.25) is 4.79 Å². The molecule has 0 bridgehead atoms. The number of aromatic nitrogens is 1. The minimum Gasteiger partial charge on any atom is -0.497 e. The average molecular weight is 373 g/mol. The smallest absolute Gasteiger partial charge is 0.227 e. The summed E-state index contributed by atoms with van der Waals surface area (Å²) >= 11 is 0. The zero-order valence-corrected chi connectivity index (χ0v) is 16.1. The highest BCUT2D eigenvalue weighted by Gasteiger charge is 2.29. The number of ether oxygens (including phenoxy) is 1. The molecule has 4 rings (SSSR count). The van der Waals surface area contributed by atoms with E-state index in [2.05, 4.69) is 28.6 Å². The topological polar surface area (TPSA) is 69.3 Å². The summed E-state index contributed by atoms with van der Waals surface area (Å²) in [7, 11) is 1.65. The second-order valence-corrected chi connectivity index (χ2v) is 6.98. The molecule has 0 radical (unpaired) electrons. The lowest BCUT2D eigenvalue weighted by molar-refractivity contribution is -0.117. The predicted octanol–water partition coefficient (Wildman–Crippen LogP) is 4.00. The lowest BCUT2D eigenvalue weighted by Crippen LogP contribution is -2.12. The molecule has 5 nitrogen and oxygen atoms in total. The summed E-state index contributed by atoms with van der Waals surface area (Å²) in [6.45, 7) is 2.83. The Labute approximate surface area is 164 Å². The van der Waals surface area contributed by atoms with E-state index < -0.39 is 0 Å². The van der Waals surface area contributed by atoms with Gasteiger partial charge in [-0.15, -0.1) is 0 Å². The number of aryl methyl sites for hydroxylation is 1. The minimum atomic E-state index is 0.106. The van der Waals surface area contributed by atoms with Gasteiger partial charge in [0.15, 0.2) is 0 Å². The van der Waals surface area contributed by atoms with Crippen molar-refractivity contribution in [2.24, 2.45) is 5.92 Å². The van der Waals surface area contributed by atoms with Crippen LogP contribution >= 0.6 is 0 Å². The molecule has 1 aliphatic carbocycles. The van der Waals surface area contributed by atoms with E-state index in [0.717, 1.165) is 53.0 Å². The standard InChI is InChI=1S/C23H23N3O2/c1-3-26-20(22(24)19-12-11-18(28-2)14-21(19)26)13-6-15-4-9-17(10-5-15)25-23(27)16-7-8-16/h4-5,9-12,14,16H,3,7-8,24H2,1-2H3,(H,25,27). The van der Waals surface area contributed by atoms with Crippen LogP contribution in [-0.4, -0.2) is 17.6 Å². The molecule has 0 unspecified atom stereocenters. The van der Waals surface area contributed by atoms with Crippen LogP contribution < -0.4 is 15.8 Å². The van der Waals surface area contributed by atoms with Crippen molar-refractivity contribution in [2.45, 2.75) is 26.3 Å². The number of nitrogens with zero attached hydrogens (tertiary/aromatic N) is 1. The monoisotopic (exact) mass is 373 g/mol. The van der Waals surface area contributed by atoms with Crippen LogP contribution in [0.25, 0.3) is 10.9 Å². The fraction of sp³-hybridized carbons (Fsp3) is 0.261. The molecule has 3 aromatic rings. The number of carbonyl (C=O) groups is 1. The molecule has 0 aliphatic heterocycles. The first-order valence-electron chi connectivity index (χ1n) is 9.49. The highest BCUT2D eigenvalue weighted by atomic mass is 16.5. The van der Waals surface area contributed by atoms with Crippen LogP contribution in [0.2, 0.25) is 0 Å². The van der Waals surface area contributed by atoms with Gasteiger partial charge in [0.05, 0.1) is 18.3 Å². The molecule has 1 amide bonds. The minimum absolute atomic E-state index is 0.106. The Bertz CT molecular complexity index is 1100. The van der Waals surface area contributed by atoms with E-state index in [1.807, 2.05) is 42.5 Å². The van der Waals surface area contributed by atoms with Crippen LogP contribution in [0.4, 0.5) is 11.4 Å². The van der Waals surface area contributed by atoms with Crippen molar-refractivity contribution in [1.29, 1.82) is 0 Å². The van der Waals surface area contributed by atoms with E-state index in [9.17, 15) is 4.79 Å². The lowest BCUT2D eigenvalue weighted by Gasteiger charge is -2.05. The quantitative estimate of drug-likeness (QED) is 0.679. The summed E-state index contributed by atoms with van der Waals surface area (Å²) in [5.74, 6) is 7.50. The van der Waals surface area contributed by atoms with Gasteiger partial charge < -0.3 is 20.4 Å². The zero-order valence-electron chi connectivity index (χ0n) is 16.1. The number of nitrogen functional groups attached to an aromatic ring is 1. The molecule has 0 saturated heterocycles. The van der Waals surface area contributed by atoms with E-state index in [0.29, 0.717) is 5.69 Å². The van der Waals surface area contributed by atoms with Gasteiger partial charge in [-0.1, -0.05) is 5.92 Å². The first-order valence-corrected chi connectivity index (χ1v) is 9.49. The Morgan fingerprint density at radius 2 is 1.96 bits per heavy atom. The third-order valence-electron chi connectivity index (χ3n) is 5.05. The van der Waals surface area contributed by atoms with Crippen LogP contribution in [0.15, 0.2) is 42.5 Å². The summed E-state index contributed by atoms with van der Waals surface area (Å²) in [4.78, 5) is 11.8. The Morgan fingerprint density at radius 1 is 1.21 bits per heavy atom. The second kappa shape index (κ2) is 7.32. The summed E-state index contributed by atoms with van der Waals surface area (Å²) in [5, 5.41) is 3.91. The van der Waals surface area contributed by atoms with E-state index >= 15 is 0 Å². The van der Waals surface area contributed by atoms with Crippen molar-refractivity contribution in [3.05, 3.63) is 53.7 Å². The molecule has 2 aromatic carbocycles.